The first-order valence-electron chi connectivity index (χ1n) is 6.07. The first-order valence-corrected chi connectivity index (χ1v) is 8.58. The number of rotatable bonds is 6. The van der Waals surface area contributed by atoms with Gasteiger partial charge in [0.15, 0.2) is 0 Å². The molecule has 2 rings (SSSR count). The van der Waals surface area contributed by atoms with Gasteiger partial charge in [-0.15, -0.1) is 23.2 Å². The third-order valence-electron chi connectivity index (χ3n) is 2.89. The second-order valence-corrected chi connectivity index (χ2v) is 6.77. The van der Waals surface area contributed by atoms with Gasteiger partial charge in [-0.05, 0) is 24.3 Å². The third-order valence-corrected chi connectivity index (χ3v) is 5.19. The molecule has 4 nitrogen and oxygen atoms in total. The molecule has 0 aliphatic heterocycles. The summed E-state index contributed by atoms with van der Waals surface area (Å²) in [5, 5.41) is 0.601. The van der Waals surface area contributed by atoms with Crippen LogP contribution in [0, 0.1) is 0 Å². The van der Waals surface area contributed by atoms with E-state index < -0.39 is 10.0 Å². The highest BCUT2D eigenvalue weighted by Gasteiger charge is 2.25. The lowest BCUT2D eigenvalue weighted by molar-refractivity contribution is 0.449. The average Bonchev–Trinajstić information content (AvgIpc) is 2.46. The lowest BCUT2D eigenvalue weighted by Crippen LogP contribution is -2.34. The van der Waals surface area contributed by atoms with Gasteiger partial charge in [0.25, 0.3) is 0 Å². The van der Waals surface area contributed by atoms with Crippen LogP contribution >= 0.6 is 23.2 Å². The SMILES string of the molecule is O=S(=O)(c1cccc2ncccc12)N(CCCl)CCCl. The summed E-state index contributed by atoms with van der Waals surface area (Å²) in [7, 11) is -3.63. The van der Waals surface area contributed by atoms with Crippen LogP contribution in [0.15, 0.2) is 41.4 Å². The molecule has 0 aliphatic carbocycles. The van der Waals surface area contributed by atoms with Crippen LogP contribution in [0.5, 0.6) is 0 Å². The van der Waals surface area contributed by atoms with E-state index in [1.807, 2.05) is 0 Å². The Labute approximate surface area is 128 Å². The zero-order valence-corrected chi connectivity index (χ0v) is 13.0. The minimum Gasteiger partial charge on any atom is -0.256 e. The zero-order chi connectivity index (χ0) is 14.6. The van der Waals surface area contributed by atoms with Crippen molar-refractivity contribution in [1.82, 2.24) is 9.29 Å². The van der Waals surface area contributed by atoms with Crippen molar-refractivity contribution in [2.45, 2.75) is 4.90 Å². The highest BCUT2D eigenvalue weighted by molar-refractivity contribution is 7.89. The molecule has 1 heterocycles. The van der Waals surface area contributed by atoms with Crippen molar-refractivity contribution in [2.75, 3.05) is 24.8 Å². The fraction of sp³-hybridized carbons (Fsp3) is 0.308. The van der Waals surface area contributed by atoms with E-state index in [4.69, 9.17) is 23.2 Å². The molecule has 0 radical (unpaired) electrons. The minimum atomic E-state index is -3.63. The molecule has 0 aliphatic rings. The fourth-order valence-electron chi connectivity index (χ4n) is 1.98. The molecule has 1 aromatic carbocycles. The monoisotopic (exact) mass is 332 g/mol. The fourth-order valence-corrected chi connectivity index (χ4v) is 4.23. The van der Waals surface area contributed by atoms with Gasteiger partial charge >= 0.3 is 0 Å². The highest BCUT2D eigenvalue weighted by atomic mass is 35.5. The molecule has 1 aromatic heterocycles. The van der Waals surface area contributed by atoms with Crippen molar-refractivity contribution in [3.8, 4) is 0 Å². The maximum atomic E-state index is 12.7. The smallest absolute Gasteiger partial charge is 0.243 e. The van der Waals surface area contributed by atoms with Gasteiger partial charge in [0.1, 0.15) is 0 Å². The Morgan fingerprint density at radius 1 is 1.05 bits per heavy atom. The highest BCUT2D eigenvalue weighted by Crippen LogP contribution is 2.24. The van der Waals surface area contributed by atoms with Crippen molar-refractivity contribution in [1.29, 1.82) is 0 Å². The molecule has 0 saturated heterocycles. The van der Waals surface area contributed by atoms with Gasteiger partial charge in [-0.2, -0.15) is 4.31 Å². The van der Waals surface area contributed by atoms with Crippen LogP contribution in [-0.2, 0) is 10.0 Å². The van der Waals surface area contributed by atoms with Crippen LogP contribution in [0.2, 0.25) is 0 Å². The van der Waals surface area contributed by atoms with Crippen molar-refractivity contribution in [3.63, 3.8) is 0 Å². The molecule has 0 spiro atoms. The predicted octanol–water partition coefficient (Wildman–Crippen LogP) is 2.70. The summed E-state index contributed by atoms with van der Waals surface area (Å²) in [4.78, 5) is 4.41. The van der Waals surface area contributed by atoms with E-state index in [-0.39, 0.29) is 29.7 Å². The van der Waals surface area contributed by atoms with Gasteiger partial charge in [-0.1, -0.05) is 6.07 Å². The molecule has 20 heavy (non-hydrogen) atoms. The quantitative estimate of drug-likeness (QED) is 0.764. The zero-order valence-electron chi connectivity index (χ0n) is 10.7. The lowest BCUT2D eigenvalue weighted by atomic mass is 10.2. The normalized spacial score (nSPS) is 12.2. The van der Waals surface area contributed by atoms with E-state index >= 15 is 0 Å². The number of nitrogens with zero attached hydrogens (tertiary/aromatic N) is 2. The van der Waals surface area contributed by atoms with Crippen LogP contribution in [-0.4, -0.2) is 42.6 Å². The molecule has 108 valence electrons. The lowest BCUT2D eigenvalue weighted by Gasteiger charge is -2.20. The summed E-state index contributed by atoms with van der Waals surface area (Å²) in [5.41, 5.74) is 0.644. The summed E-state index contributed by atoms with van der Waals surface area (Å²) in [6, 6.07) is 8.50. The molecular weight excluding hydrogens is 319 g/mol. The van der Waals surface area contributed by atoms with E-state index in [9.17, 15) is 8.42 Å². The van der Waals surface area contributed by atoms with Gasteiger partial charge in [0.05, 0.1) is 10.4 Å². The Bertz CT molecular complexity index is 680. The van der Waals surface area contributed by atoms with E-state index in [0.717, 1.165) is 0 Å². The van der Waals surface area contributed by atoms with Gasteiger partial charge in [-0.3, -0.25) is 4.98 Å². The number of fused-ring (bicyclic) bond motifs is 1. The summed E-state index contributed by atoms with van der Waals surface area (Å²) in [6.07, 6.45) is 1.63. The number of hydrogen-bond acceptors (Lipinski definition) is 3. The Hall–Kier alpha value is -0.880. The molecular formula is C13H14Cl2N2O2S. The topological polar surface area (TPSA) is 50.3 Å². The Morgan fingerprint density at radius 2 is 1.75 bits per heavy atom. The molecule has 0 unspecified atom stereocenters. The van der Waals surface area contributed by atoms with Crippen LogP contribution in [0.4, 0.5) is 0 Å². The van der Waals surface area contributed by atoms with Crippen LogP contribution in [0.3, 0.4) is 0 Å². The first kappa shape index (κ1) is 15.5. The van der Waals surface area contributed by atoms with E-state index in [1.54, 1.807) is 36.5 Å². The van der Waals surface area contributed by atoms with Crippen molar-refractivity contribution < 1.29 is 8.42 Å². The Kier molecular flexibility index (Phi) is 5.21. The summed E-state index contributed by atoms with van der Waals surface area (Å²) in [5.74, 6) is 0.443. The van der Waals surface area contributed by atoms with E-state index in [0.29, 0.717) is 10.9 Å². The molecule has 0 atom stereocenters. The summed E-state index contributed by atoms with van der Waals surface area (Å²) in [6.45, 7) is 0.459. The minimum absolute atomic E-state index is 0.221. The number of hydrogen-bond donors (Lipinski definition) is 0. The standard InChI is InChI=1S/C13H14Cl2N2O2S/c14-6-9-17(10-7-15)20(18,19)13-5-1-4-12-11(13)3-2-8-16-12/h1-5,8H,6-7,9-10H2. The van der Waals surface area contributed by atoms with E-state index in [2.05, 4.69) is 4.98 Å². The molecule has 7 heteroatoms. The van der Waals surface area contributed by atoms with Gasteiger partial charge in [-0.25, -0.2) is 8.42 Å². The molecule has 0 bridgehead atoms. The Balaban J connectivity index is 2.56. The van der Waals surface area contributed by atoms with Gasteiger partial charge in [0, 0.05) is 36.4 Å². The van der Waals surface area contributed by atoms with Crippen molar-refractivity contribution in [3.05, 3.63) is 36.5 Å². The Morgan fingerprint density at radius 3 is 2.40 bits per heavy atom. The largest absolute Gasteiger partial charge is 0.256 e. The third kappa shape index (κ3) is 3.06. The second-order valence-electron chi connectivity index (χ2n) is 4.11. The molecule has 0 N–H and O–H groups in total. The first-order chi connectivity index (χ1) is 9.61. The van der Waals surface area contributed by atoms with Crippen molar-refractivity contribution >= 4 is 44.1 Å². The molecule has 0 amide bonds. The average molecular weight is 333 g/mol. The summed E-state index contributed by atoms with van der Waals surface area (Å²) >= 11 is 11.4. The number of halogens is 2. The number of benzene rings is 1. The predicted molar refractivity (Wildman–Crippen MR) is 81.9 cm³/mol. The number of sulfonamides is 1. The maximum absolute atomic E-state index is 12.7. The van der Waals surface area contributed by atoms with Crippen LogP contribution in [0.25, 0.3) is 10.9 Å². The van der Waals surface area contributed by atoms with Crippen molar-refractivity contribution in [2.24, 2.45) is 0 Å². The summed E-state index contributed by atoms with van der Waals surface area (Å²) < 4.78 is 26.7. The molecule has 2 aromatic rings. The number of aromatic nitrogens is 1. The van der Waals surface area contributed by atoms with Gasteiger partial charge < -0.3 is 0 Å². The molecule has 0 saturated carbocycles. The van der Waals surface area contributed by atoms with Gasteiger partial charge in [0.2, 0.25) is 10.0 Å². The van der Waals surface area contributed by atoms with Crippen LogP contribution < -0.4 is 0 Å². The second kappa shape index (κ2) is 6.72. The number of alkyl halides is 2. The number of pyridine rings is 1. The van der Waals surface area contributed by atoms with Crippen LogP contribution in [0.1, 0.15) is 0 Å². The maximum Gasteiger partial charge on any atom is 0.243 e. The molecule has 0 fully saturated rings. The van der Waals surface area contributed by atoms with E-state index in [1.165, 1.54) is 4.31 Å².